The lowest BCUT2D eigenvalue weighted by molar-refractivity contribution is 0.606. The summed E-state index contributed by atoms with van der Waals surface area (Å²) in [5.41, 5.74) is 0.940. The molecule has 0 atom stereocenters. The van der Waals surface area contributed by atoms with Gasteiger partial charge in [0.2, 0.25) is 5.75 Å². The van der Waals surface area contributed by atoms with Gasteiger partial charge >= 0.3 is 11.7 Å². The number of rotatable bonds is 2. The van der Waals surface area contributed by atoms with Gasteiger partial charge in [-0.2, -0.15) is 0 Å². The summed E-state index contributed by atoms with van der Waals surface area (Å²) >= 11 is 0.560. The highest BCUT2D eigenvalue weighted by Crippen LogP contribution is 1.80. The Hall–Kier alpha value is -0.240. The Morgan fingerprint density at radius 1 is 2.00 bits per heavy atom. The van der Waals surface area contributed by atoms with Crippen molar-refractivity contribution in [3.63, 3.8) is 0 Å². The molecule has 2 heteroatoms. The van der Waals surface area contributed by atoms with Gasteiger partial charge in [-0.1, -0.05) is 6.58 Å². The zero-order chi connectivity index (χ0) is 4.99. The topological polar surface area (TPSA) is 17.1 Å². The first-order valence-electron chi connectivity index (χ1n) is 1.66. The summed E-state index contributed by atoms with van der Waals surface area (Å²) in [4.78, 5) is 0. The van der Waals surface area contributed by atoms with E-state index in [0.29, 0.717) is 17.4 Å². The largest absolute Gasteiger partial charge is 0.463 e. The molecule has 0 saturated heterocycles. The molecule has 0 aliphatic rings. The van der Waals surface area contributed by atoms with Crippen LogP contribution in [-0.4, -0.2) is 5.75 Å². The smallest absolute Gasteiger partial charge is 0.0947 e. The molecular weight excluding hydrogens is 96.1 g/mol. The quantitative estimate of drug-likeness (QED) is 0.376. The summed E-state index contributed by atoms with van der Waals surface area (Å²) in [6.45, 7) is 5.36. The third kappa shape index (κ3) is 3.76. The molecule has 0 unspecified atom stereocenters. The summed E-state index contributed by atoms with van der Waals surface area (Å²) in [6.07, 6.45) is 0. The first kappa shape index (κ1) is 5.76. The van der Waals surface area contributed by atoms with Crippen LogP contribution in [0.4, 0.5) is 0 Å². The average Bonchev–Trinajstić information content (AvgIpc) is 1.35. The van der Waals surface area contributed by atoms with E-state index in [-0.39, 0.29) is 0 Å². The molecule has 0 aromatic rings. The Balaban J connectivity index is 3.05. The van der Waals surface area contributed by atoms with E-state index >= 15 is 0 Å². The van der Waals surface area contributed by atoms with Gasteiger partial charge in [0.15, 0.2) is 0 Å². The minimum Gasteiger partial charge on any atom is -0.0947 e. The van der Waals surface area contributed by atoms with Gasteiger partial charge in [0.1, 0.15) is 0 Å². The molecule has 1 nitrogen and oxygen atoms in total. The average molecular weight is 103 g/mol. The van der Waals surface area contributed by atoms with Crippen molar-refractivity contribution in [2.24, 2.45) is 0 Å². The Morgan fingerprint density at radius 3 is 2.50 bits per heavy atom. The molecule has 0 amide bonds. The van der Waals surface area contributed by atoms with Crippen molar-refractivity contribution < 1.29 is 4.21 Å². The molecule has 0 aliphatic heterocycles. The van der Waals surface area contributed by atoms with Crippen LogP contribution in [0.2, 0.25) is 0 Å². The van der Waals surface area contributed by atoms with Crippen molar-refractivity contribution in [2.75, 3.05) is 5.75 Å². The first-order valence-corrected chi connectivity index (χ1v) is 2.57. The fourth-order valence-electron chi connectivity index (χ4n) is 0.101. The fourth-order valence-corrected chi connectivity index (χ4v) is 0.302. The predicted octanol–water partition coefficient (Wildman–Crippen LogP) is 0.991. The molecule has 0 radical (unpaired) electrons. The SMILES string of the molecule is C=C(C)C[S+]=O. The lowest BCUT2D eigenvalue weighted by Crippen LogP contribution is -1.77. The molecule has 0 saturated carbocycles. The second-order valence-corrected chi connectivity index (χ2v) is 1.74. The van der Waals surface area contributed by atoms with Gasteiger partial charge in [0.05, 0.1) is 0 Å². The van der Waals surface area contributed by atoms with Gasteiger partial charge in [0.25, 0.3) is 0 Å². The summed E-state index contributed by atoms with van der Waals surface area (Å²) in [6, 6.07) is 0. The fraction of sp³-hybridized carbons (Fsp3) is 0.500. The van der Waals surface area contributed by atoms with Crippen molar-refractivity contribution in [2.45, 2.75) is 6.92 Å². The third-order valence-corrected chi connectivity index (χ3v) is 0.916. The molecule has 0 aliphatic carbocycles. The molecule has 0 aromatic heterocycles. The highest BCUT2D eigenvalue weighted by molar-refractivity contribution is 7.65. The molecule has 0 spiro atoms. The van der Waals surface area contributed by atoms with Crippen LogP contribution in [0.1, 0.15) is 6.92 Å². The molecular formula is C4H7OS+. The van der Waals surface area contributed by atoms with E-state index in [2.05, 4.69) is 6.58 Å². The van der Waals surface area contributed by atoms with Gasteiger partial charge < -0.3 is 0 Å². The minimum atomic E-state index is 0.542. The Bertz CT molecular complexity index is 67.9. The lowest BCUT2D eigenvalue weighted by Gasteiger charge is -1.67. The van der Waals surface area contributed by atoms with Crippen LogP contribution in [0.25, 0.3) is 0 Å². The van der Waals surface area contributed by atoms with Crippen LogP contribution < -0.4 is 0 Å². The van der Waals surface area contributed by atoms with Gasteiger partial charge in [0, 0.05) is 4.21 Å². The normalized spacial score (nSPS) is 7.50. The second-order valence-electron chi connectivity index (χ2n) is 1.22. The van der Waals surface area contributed by atoms with Gasteiger partial charge in [-0.25, -0.2) is 0 Å². The maximum absolute atomic E-state index is 9.60. The van der Waals surface area contributed by atoms with Crippen molar-refractivity contribution in [1.29, 1.82) is 0 Å². The van der Waals surface area contributed by atoms with E-state index < -0.39 is 0 Å². The van der Waals surface area contributed by atoms with E-state index in [1.54, 1.807) is 0 Å². The van der Waals surface area contributed by atoms with Crippen molar-refractivity contribution in [3.8, 4) is 0 Å². The van der Waals surface area contributed by atoms with Crippen LogP contribution >= 0.6 is 0 Å². The van der Waals surface area contributed by atoms with E-state index in [9.17, 15) is 4.21 Å². The van der Waals surface area contributed by atoms with E-state index in [0.717, 1.165) is 5.57 Å². The molecule has 0 rings (SSSR count). The van der Waals surface area contributed by atoms with Gasteiger partial charge in [-0.3, -0.25) is 0 Å². The minimum absolute atomic E-state index is 0.542. The van der Waals surface area contributed by atoms with Crippen LogP contribution in [0.3, 0.4) is 0 Å². The number of hydrogen-bond donors (Lipinski definition) is 0. The highest BCUT2D eigenvalue weighted by atomic mass is 32.1. The summed E-state index contributed by atoms with van der Waals surface area (Å²) in [5.74, 6) is 0.542. The van der Waals surface area contributed by atoms with Crippen LogP contribution in [0, 0.1) is 0 Å². The highest BCUT2D eigenvalue weighted by Gasteiger charge is 1.93. The Kier molecular flexibility index (Phi) is 2.85. The third-order valence-electron chi connectivity index (χ3n) is 0.305. The van der Waals surface area contributed by atoms with Gasteiger partial charge in [-0.05, 0) is 12.5 Å². The van der Waals surface area contributed by atoms with Crippen molar-refractivity contribution in [1.82, 2.24) is 0 Å². The molecule has 0 N–H and O–H groups in total. The molecule has 0 fully saturated rings. The van der Waals surface area contributed by atoms with Crippen LogP contribution in [0.5, 0.6) is 0 Å². The van der Waals surface area contributed by atoms with Gasteiger partial charge in [-0.15, -0.1) is 0 Å². The first-order chi connectivity index (χ1) is 2.77. The summed E-state index contributed by atoms with van der Waals surface area (Å²) in [5, 5.41) is 0. The molecule has 6 heavy (non-hydrogen) atoms. The molecule has 34 valence electrons. The summed E-state index contributed by atoms with van der Waals surface area (Å²) in [7, 11) is 0. The zero-order valence-electron chi connectivity index (χ0n) is 3.73. The summed E-state index contributed by atoms with van der Waals surface area (Å²) < 4.78 is 9.60. The maximum Gasteiger partial charge on any atom is 0.463 e. The molecule has 0 bridgehead atoms. The van der Waals surface area contributed by atoms with E-state index in [1.807, 2.05) is 6.92 Å². The van der Waals surface area contributed by atoms with Crippen molar-refractivity contribution in [3.05, 3.63) is 12.2 Å². The second kappa shape index (κ2) is 2.97. The Labute approximate surface area is 41.6 Å². The predicted molar refractivity (Wildman–Crippen MR) is 27.7 cm³/mol. The standard InChI is InChI=1S/C4H7OS/c1-4(2)3-6-5/h1,3H2,2H3/q+1. The van der Waals surface area contributed by atoms with Crippen LogP contribution in [-0.2, 0) is 15.9 Å². The Morgan fingerprint density at radius 2 is 2.50 bits per heavy atom. The molecule has 0 aromatic carbocycles. The van der Waals surface area contributed by atoms with Crippen molar-refractivity contribution >= 4 is 11.7 Å². The maximum atomic E-state index is 9.60. The lowest BCUT2D eigenvalue weighted by atomic mass is 10.4. The zero-order valence-corrected chi connectivity index (χ0v) is 4.55. The monoisotopic (exact) mass is 103 g/mol. The van der Waals surface area contributed by atoms with E-state index in [1.165, 1.54) is 0 Å². The number of hydrogen-bond acceptors (Lipinski definition) is 1. The van der Waals surface area contributed by atoms with Crippen LogP contribution in [0.15, 0.2) is 12.2 Å². The van der Waals surface area contributed by atoms with E-state index in [4.69, 9.17) is 0 Å². The molecule has 0 heterocycles.